The van der Waals surface area contributed by atoms with Crippen molar-refractivity contribution in [3.63, 3.8) is 0 Å². The maximum atomic E-state index is 13.0. The number of carbonyl (C=O) groups excluding carboxylic acids is 2. The van der Waals surface area contributed by atoms with Gasteiger partial charge < -0.3 is 4.74 Å². The topological polar surface area (TPSA) is 46.6 Å². The molecular weight excluding hydrogens is 341 g/mol. The number of aryl methyl sites for hydroxylation is 1. The maximum absolute atomic E-state index is 13.0. The van der Waals surface area contributed by atoms with Crippen molar-refractivity contribution < 1.29 is 18.7 Å². The van der Waals surface area contributed by atoms with Gasteiger partial charge in [-0.25, -0.2) is 4.39 Å². The Balaban J connectivity index is 1.80. The molecule has 128 valence electrons. The van der Waals surface area contributed by atoms with Crippen LogP contribution in [0.2, 0.25) is 0 Å². The molecule has 1 fully saturated rings. The average Bonchev–Trinajstić information content (AvgIpc) is 2.84. The van der Waals surface area contributed by atoms with Crippen molar-refractivity contribution in [2.45, 2.75) is 13.5 Å². The van der Waals surface area contributed by atoms with Crippen molar-refractivity contribution in [1.82, 2.24) is 4.90 Å². The van der Waals surface area contributed by atoms with Crippen LogP contribution < -0.4 is 4.74 Å². The van der Waals surface area contributed by atoms with Crippen LogP contribution in [0.1, 0.15) is 16.7 Å². The minimum Gasteiger partial charge on any atom is -0.496 e. The van der Waals surface area contributed by atoms with Crippen molar-refractivity contribution in [3.05, 3.63) is 69.9 Å². The Labute approximate surface area is 149 Å². The summed E-state index contributed by atoms with van der Waals surface area (Å²) in [6, 6.07) is 11.3. The smallest absolute Gasteiger partial charge is 0.293 e. The van der Waals surface area contributed by atoms with E-state index in [1.165, 1.54) is 17.0 Å². The number of halogens is 1. The Morgan fingerprint density at radius 3 is 2.52 bits per heavy atom. The Morgan fingerprint density at radius 2 is 1.88 bits per heavy atom. The zero-order valence-corrected chi connectivity index (χ0v) is 14.6. The van der Waals surface area contributed by atoms with Gasteiger partial charge in [0, 0.05) is 0 Å². The first-order valence-corrected chi connectivity index (χ1v) is 8.44. The number of benzene rings is 2. The maximum Gasteiger partial charge on any atom is 0.293 e. The van der Waals surface area contributed by atoms with E-state index in [1.807, 2.05) is 25.1 Å². The van der Waals surface area contributed by atoms with Gasteiger partial charge in [-0.1, -0.05) is 18.2 Å². The molecule has 0 radical (unpaired) electrons. The third-order valence-corrected chi connectivity index (χ3v) is 4.75. The molecule has 0 aromatic heterocycles. The minimum absolute atomic E-state index is 0.129. The molecule has 1 aliphatic heterocycles. The second-order valence-electron chi connectivity index (χ2n) is 5.62. The second kappa shape index (κ2) is 7.11. The molecule has 4 nitrogen and oxygen atoms in total. The van der Waals surface area contributed by atoms with Crippen LogP contribution in [0.5, 0.6) is 5.75 Å². The summed E-state index contributed by atoms with van der Waals surface area (Å²) in [6.07, 6.45) is 1.70. The molecule has 2 amide bonds. The molecule has 0 bridgehead atoms. The monoisotopic (exact) mass is 357 g/mol. The van der Waals surface area contributed by atoms with Crippen molar-refractivity contribution >= 4 is 29.0 Å². The first-order chi connectivity index (χ1) is 12.0. The number of hydrogen-bond acceptors (Lipinski definition) is 4. The molecule has 6 heteroatoms. The van der Waals surface area contributed by atoms with E-state index in [1.54, 1.807) is 25.3 Å². The van der Waals surface area contributed by atoms with E-state index >= 15 is 0 Å². The summed E-state index contributed by atoms with van der Waals surface area (Å²) in [5, 5.41) is -0.328. The third kappa shape index (κ3) is 3.74. The number of rotatable bonds is 4. The van der Waals surface area contributed by atoms with Crippen molar-refractivity contribution in [3.8, 4) is 5.75 Å². The summed E-state index contributed by atoms with van der Waals surface area (Å²) in [4.78, 5) is 26.2. The highest BCUT2D eigenvalue weighted by Crippen LogP contribution is 2.33. The van der Waals surface area contributed by atoms with Gasteiger partial charge in [0.25, 0.3) is 11.1 Å². The fraction of sp³-hybridized carbons (Fsp3) is 0.158. The van der Waals surface area contributed by atoms with E-state index in [0.29, 0.717) is 10.5 Å². The van der Waals surface area contributed by atoms with Gasteiger partial charge in [0.2, 0.25) is 0 Å². The molecule has 0 aliphatic carbocycles. The fourth-order valence-corrected chi connectivity index (χ4v) is 3.39. The van der Waals surface area contributed by atoms with Crippen LogP contribution in [-0.2, 0) is 11.3 Å². The lowest BCUT2D eigenvalue weighted by Crippen LogP contribution is -2.27. The van der Waals surface area contributed by atoms with Crippen LogP contribution in [0, 0.1) is 12.7 Å². The van der Waals surface area contributed by atoms with E-state index in [2.05, 4.69) is 0 Å². The standard InChI is InChI=1S/C19H16FNO3S/c1-12-9-14(5-8-16(12)24-2)10-17-18(22)21(19(23)25-17)11-13-3-6-15(20)7-4-13/h3-10H,11H2,1-2H3/b17-10-. The largest absolute Gasteiger partial charge is 0.496 e. The summed E-state index contributed by atoms with van der Waals surface area (Å²) < 4.78 is 18.2. The summed E-state index contributed by atoms with van der Waals surface area (Å²) in [5.41, 5.74) is 2.47. The van der Waals surface area contributed by atoms with Crippen LogP contribution in [0.25, 0.3) is 6.08 Å². The zero-order valence-electron chi connectivity index (χ0n) is 13.8. The van der Waals surface area contributed by atoms with Gasteiger partial charge in [-0.3, -0.25) is 14.5 Å². The Morgan fingerprint density at radius 1 is 1.16 bits per heavy atom. The lowest BCUT2D eigenvalue weighted by molar-refractivity contribution is -0.123. The van der Waals surface area contributed by atoms with Crippen molar-refractivity contribution in [2.24, 2.45) is 0 Å². The molecule has 0 saturated carbocycles. The number of amides is 2. The van der Waals surface area contributed by atoms with Crippen LogP contribution in [0.3, 0.4) is 0 Å². The molecule has 2 aromatic rings. The van der Waals surface area contributed by atoms with Gasteiger partial charge in [-0.2, -0.15) is 0 Å². The van der Waals surface area contributed by atoms with Crippen LogP contribution in [0.15, 0.2) is 47.4 Å². The van der Waals surface area contributed by atoms with Gasteiger partial charge in [0.15, 0.2) is 0 Å². The Hall–Kier alpha value is -2.60. The van der Waals surface area contributed by atoms with E-state index < -0.39 is 0 Å². The normalized spacial score (nSPS) is 16.0. The molecule has 0 atom stereocenters. The first kappa shape index (κ1) is 17.2. The van der Waals surface area contributed by atoms with E-state index in [9.17, 15) is 14.0 Å². The highest BCUT2D eigenvalue weighted by atomic mass is 32.2. The number of ether oxygens (including phenoxy) is 1. The number of hydrogen-bond donors (Lipinski definition) is 0. The molecule has 2 aromatic carbocycles. The molecule has 25 heavy (non-hydrogen) atoms. The Kier molecular flexibility index (Phi) is 4.90. The predicted molar refractivity (Wildman–Crippen MR) is 95.6 cm³/mol. The third-order valence-electron chi connectivity index (χ3n) is 3.84. The molecule has 1 aliphatic rings. The Bertz CT molecular complexity index is 861. The van der Waals surface area contributed by atoms with E-state index in [0.717, 1.165) is 28.6 Å². The van der Waals surface area contributed by atoms with Crippen molar-refractivity contribution in [1.29, 1.82) is 0 Å². The highest BCUT2D eigenvalue weighted by molar-refractivity contribution is 8.18. The molecule has 1 heterocycles. The average molecular weight is 357 g/mol. The van der Waals surface area contributed by atoms with Gasteiger partial charge in [-0.15, -0.1) is 0 Å². The zero-order chi connectivity index (χ0) is 18.0. The summed E-state index contributed by atoms with van der Waals surface area (Å²) in [5.74, 6) is 0.0713. The van der Waals surface area contributed by atoms with Crippen LogP contribution in [0.4, 0.5) is 9.18 Å². The summed E-state index contributed by atoms with van der Waals surface area (Å²) >= 11 is 0.908. The van der Waals surface area contributed by atoms with Crippen LogP contribution >= 0.6 is 11.8 Å². The number of imide groups is 1. The van der Waals surface area contributed by atoms with Gasteiger partial charge in [0.1, 0.15) is 11.6 Å². The highest BCUT2D eigenvalue weighted by Gasteiger charge is 2.34. The number of nitrogens with zero attached hydrogens (tertiary/aromatic N) is 1. The number of methoxy groups -OCH3 is 1. The minimum atomic E-state index is -0.354. The number of carbonyl (C=O) groups is 2. The SMILES string of the molecule is COc1ccc(/C=C2\SC(=O)N(Cc3ccc(F)cc3)C2=O)cc1C. The predicted octanol–water partition coefficient (Wildman–Crippen LogP) is 4.38. The van der Waals surface area contributed by atoms with Crippen LogP contribution in [-0.4, -0.2) is 23.2 Å². The molecule has 0 spiro atoms. The first-order valence-electron chi connectivity index (χ1n) is 7.62. The molecule has 1 saturated heterocycles. The van der Waals surface area contributed by atoms with E-state index in [-0.39, 0.29) is 23.5 Å². The quantitative estimate of drug-likeness (QED) is 0.762. The van der Waals surface area contributed by atoms with Crippen molar-refractivity contribution in [2.75, 3.05) is 7.11 Å². The molecule has 0 N–H and O–H groups in total. The lowest BCUT2D eigenvalue weighted by Gasteiger charge is -2.12. The summed E-state index contributed by atoms with van der Waals surface area (Å²) in [6.45, 7) is 2.04. The number of thioether (sulfide) groups is 1. The lowest BCUT2D eigenvalue weighted by atomic mass is 10.1. The van der Waals surface area contributed by atoms with E-state index in [4.69, 9.17) is 4.74 Å². The van der Waals surface area contributed by atoms with Gasteiger partial charge >= 0.3 is 0 Å². The summed E-state index contributed by atoms with van der Waals surface area (Å²) in [7, 11) is 1.60. The molecule has 3 rings (SSSR count). The second-order valence-corrected chi connectivity index (χ2v) is 6.62. The molecular formula is C19H16FNO3S. The fourth-order valence-electron chi connectivity index (χ4n) is 2.55. The van der Waals surface area contributed by atoms with Gasteiger partial charge in [0.05, 0.1) is 18.6 Å². The molecule has 0 unspecified atom stereocenters. The van der Waals surface area contributed by atoms with Gasteiger partial charge in [-0.05, 0) is 65.7 Å².